The van der Waals surface area contributed by atoms with E-state index in [1.165, 1.54) is 23.7 Å². The van der Waals surface area contributed by atoms with E-state index in [9.17, 15) is 9.59 Å². The summed E-state index contributed by atoms with van der Waals surface area (Å²) in [5.74, 6) is 0.843. The van der Waals surface area contributed by atoms with Gasteiger partial charge in [-0.1, -0.05) is 43.3 Å². The highest BCUT2D eigenvalue weighted by Gasteiger charge is 2.22. The molecule has 162 valence electrons. The van der Waals surface area contributed by atoms with Crippen molar-refractivity contribution in [1.29, 1.82) is 0 Å². The Bertz CT molecular complexity index is 859. The average Bonchev–Trinajstić information content (AvgIpc) is 3.16. The topological polar surface area (TPSA) is 92.2 Å². The van der Waals surface area contributed by atoms with E-state index >= 15 is 0 Å². The fourth-order valence-electron chi connectivity index (χ4n) is 3.21. The van der Waals surface area contributed by atoms with Crippen molar-refractivity contribution in [2.75, 3.05) is 30.3 Å². The Labute approximate surface area is 181 Å². The molecule has 0 bridgehead atoms. The molecule has 1 saturated heterocycles. The number of aryl methyl sites for hydroxylation is 1. The summed E-state index contributed by atoms with van der Waals surface area (Å²) in [4.78, 5) is 26.3. The van der Waals surface area contributed by atoms with Crippen molar-refractivity contribution in [3.63, 3.8) is 0 Å². The molecular weight excluding hydrogens is 400 g/mol. The van der Waals surface area contributed by atoms with E-state index in [0.717, 1.165) is 37.6 Å². The minimum atomic E-state index is -0.469. The molecule has 0 radical (unpaired) electrons. The molecular formula is C21H30N6O2S. The summed E-state index contributed by atoms with van der Waals surface area (Å²) >= 11 is 1.28. The fourth-order valence-corrected chi connectivity index (χ4v) is 3.96. The molecule has 0 atom stereocenters. The van der Waals surface area contributed by atoms with Crippen LogP contribution in [0.4, 0.5) is 10.7 Å². The molecule has 1 fully saturated rings. The first kappa shape index (κ1) is 22.1. The van der Waals surface area contributed by atoms with E-state index in [4.69, 9.17) is 0 Å². The van der Waals surface area contributed by atoms with Crippen molar-refractivity contribution in [2.24, 2.45) is 5.92 Å². The summed E-state index contributed by atoms with van der Waals surface area (Å²) in [5.41, 5.74) is 2.14. The van der Waals surface area contributed by atoms with Gasteiger partial charge in [0.2, 0.25) is 11.9 Å². The van der Waals surface area contributed by atoms with Crippen LogP contribution >= 0.6 is 11.8 Å². The standard InChI is InChI=1S/C21H30N6O2S/c1-15(2)13-22-19(29)23-18(28)14-30-21-25-24-20(26-11-5-4-6-12-26)27(21)17-9-7-16(3)8-10-17/h7-10,15H,4-6,11-14H2,1-3H3,(H2,22,23,28,29). The molecule has 0 unspecified atom stereocenters. The maximum atomic E-state index is 12.2. The normalized spacial score (nSPS) is 14.1. The lowest BCUT2D eigenvalue weighted by Crippen LogP contribution is -2.41. The molecule has 3 amide bonds. The van der Waals surface area contributed by atoms with E-state index in [0.29, 0.717) is 17.6 Å². The number of urea groups is 1. The van der Waals surface area contributed by atoms with Crippen LogP contribution < -0.4 is 15.5 Å². The highest BCUT2D eigenvalue weighted by atomic mass is 32.2. The quantitative estimate of drug-likeness (QED) is 0.656. The lowest BCUT2D eigenvalue weighted by molar-refractivity contribution is -0.117. The molecule has 0 spiro atoms. The van der Waals surface area contributed by atoms with Gasteiger partial charge >= 0.3 is 6.03 Å². The molecule has 30 heavy (non-hydrogen) atoms. The van der Waals surface area contributed by atoms with Crippen LogP contribution in [0.1, 0.15) is 38.7 Å². The third kappa shape index (κ3) is 5.98. The largest absolute Gasteiger partial charge is 0.341 e. The van der Waals surface area contributed by atoms with Crippen molar-refractivity contribution >= 4 is 29.6 Å². The third-order valence-corrected chi connectivity index (χ3v) is 5.73. The lowest BCUT2D eigenvalue weighted by atomic mass is 10.1. The average molecular weight is 431 g/mol. The maximum absolute atomic E-state index is 12.2. The minimum absolute atomic E-state index is 0.0824. The van der Waals surface area contributed by atoms with Gasteiger partial charge in [0, 0.05) is 19.6 Å². The summed E-state index contributed by atoms with van der Waals surface area (Å²) in [6.45, 7) is 8.46. The van der Waals surface area contributed by atoms with Gasteiger partial charge in [0.25, 0.3) is 0 Å². The second kappa shape index (κ2) is 10.5. The monoisotopic (exact) mass is 430 g/mol. The second-order valence-electron chi connectivity index (χ2n) is 7.94. The number of anilines is 1. The van der Waals surface area contributed by atoms with Crippen molar-refractivity contribution in [3.05, 3.63) is 29.8 Å². The van der Waals surface area contributed by atoms with E-state index < -0.39 is 6.03 Å². The zero-order valence-electron chi connectivity index (χ0n) is 17.9. The molecule has 2 aromatic rings. The van der Waals surface area contributed by atoms with Crippen LogP contribution in [0.5, 0.6) is 0 Å². The van der Waals surface area contributed by atoms with Crippen LogP contribution in [-0.4, -0.2) is 52.1 Å². The number of aromatic nitrogens is 3. The summed E-state index contributed by atoms with van der Waals surface area (Å²) in [6, 6.07) is 7.71. The predicted molar refractivity (Wildman–Crippen MR) is 119 cm³/mol. The molecule has 1 aliphatic rings. The Morgan fingerprint density at radius 3 is 2.47 bits per heavy atom. The molecule has 1 aromatic carbocycles. The van der Waals surface area contributed by atoms with Crippen molar-refractivity contribution in [2.45, 2.75) is 45.2 Å². The first-order valence-corrected chi connectivity index (χ1v) is 11.4. The van der Waals surface area contributed by atoms with Gasteiger partial charge in [-0.25, -0.2) is 4.79 Å². The van der Waals surface area contributed by atoms with Crippen LogP contribution in [-0.2, 0) is 4.79 Å². The fraction of sp³-hybridized carbons (Fsp3) is 0.524. The second-order valence-corrected chi connectivity index (χ2v) is 8.88. The van der Waals surface area contributed by atoms with E-state index in [2.05, 4.69) is 37.9 Å². The smallest absolute Gasteiger partial charge is 0.321 e. The first-order valence-electron chi connectivity index (χ1n) is 10.4. The maximum Gasteiger partial charge on any atom is 0.321 e. The highest BCUT2D eigenvalue weighted by Crippen LogP contribution is 2.28. The molecule has 2 heterocycles. The van der Waals surface area contributed by atoms with Crippen molar-refractivity contribution < 1.29 is 9.59 Å². The van der Waals surface area contributed by atoms with E-state index in [1.54, 1.807) is 0 Å². The Morgan fingerprint density at radius 1 is 1.10 bits per heavy atom. The molecule has 2 N–H and O–H groups in total. The number of amides is 3. The van der Waals surface area contributed by atoms with Crippen LogP contribution in [0.3, 0.4) is 0 Å². The number of hydrogen-bond donors (Lipinski definition) is 2. The zero-order chi connectivity index (χ0) is 21.5. The SMILES string of the molecule is Cc1ccc(-n2c(SCC(=O)NC(=O)NCC(C)C)nnc2N2CCCCC2)cc1. The Balaban J connectivity index is 1.72. The third-order valence-electron chi connectivity index (χ3n) is 4.80. The number of carbonyl (C=O) groups is 2. The summed E-state index contributed by atoms with van der Waals surface area (Å²) < 4.78 is 2.00. The summed E-state index contributed by atoms with van der Waals surface area (Å²) in [7, 11) is 0. The number of nitrogens with zero attached hydrogens (tertiary/aromatic N) is 4. The first-order chi connectivity index (χ1) is 14.4. The molecule has 3 rings (SSSR count). The van der Waals surface area contributed by atoms with Gasteiger partial charge in [0.15, 0.2) is 5.16 Å². The molecule has 1 aliphatic heterocycles. The molecule has 0 saturated carbocycles. The Hall–Kier alpha value is -2.55. The molecule has 1 aromatic heterocycles. The van der Waals surface area contributed by atoms with Crippen LogP contribution in [0.25, 0.3) is 5.69 Å². The van der Waals surface area contributed by atoms with Gasteiger partial charge in [-0.3, -0.25) is 14.7 Å². The number of imide groups is 1. The summed E-state index contributed by atoms with van der Waals surface area (Å²) in [6.07, 6.45) is 3.50. The van der Waals surface area contributed by atoms with E-state index in [-0.39, 0.29) is 11.7 Å². The number of rotatable bonds is 7. The van der Waals surface area contributed by atoms with Crippen LogP contribution in [0.2, 0.25) is 0 Å². The van der Waals surface area contributed by atoms with Crippen molar-refractivity contribution in [3.8, 4) is 5.69 Å². The van der Waals surface area contributed by atoms with Crippen LogP contribution in [0.15, 0.2) is 29.4 Å². The number of hydrogen-bond acceptors (Lipinski definition) is 6. The number of benzene rings is 1. The Morgan fingerprint density at radius 2 is 1.80 bits per heavy atom. The minimum Gasteiger partial charge on any atom is -0.341 e. The highest BCUT2D eigenvalue weighted by molar-refractivity contribution is 7.99. The number of nitrogens with one attached hydrogen (secondary N) is 2. The zero-order valence-corrected chi connectivity index (χ0v) is 18.7. The molecule has 9 heteroatoms. The number of piperidine rings is 1. The predicted octanol–water partition coefficient (Wildman–Crippen LogP) is 3.14. The van der Waals surface area contributed by atoms with Gasteiger partial charge in [0.05, 0.1) is 11.4 Å². The van der Waals surface area contributed by atoms with Gasteiger partial charge in [-0.2, -0.15) is 0 Å². The lowest BCUT2D eigenvalue weighted by Gasteiger charge is -2.27. The summed E-state index contributed by atoms with van der Waals surface area (Å²) in [5, 5.41) is 14.5. The molecule has 0 aliphatic carbocycles. The number of thioether (sulfide) groups is 1. The van der Waals surface area contributed by atoms with Crippen LogP contribution in [0, 0.1) is 12.8 Å². The van der Waals surface area contributed by atoms with E-state index in [1.807, 2.05) is 37.5 Å². The van der Waals surface area contributed by atoms with Gasteiger partial charge in [-0.15, -0.1) is 10.2 Å². The molecule has 8 nitrogen and oxygen atoms in total. The van der Waals surface area contributed by atoms with Crippen molar-refractivity contribution in [1.82, 2.24) is 25.4 Å². The van der Waals surface area contributed by atoms with Gasteiger partial charge in [-0.05, 0) is 44.2 Å². The Kier molecular flexibility index (Phi) is 7.73. The number of carbonyl (C=O) groups excluding carboxylic acids is 2. The van der Waals surface area contributed by atoms with Gasteiger partial charge in [0.1, 0.15) is 0 Å². The van der Waals surface area contributed by atoms with Gasteiger partial charge < -0.3 is 10.2 Å².